The smallest absolute Gasteiger partial charge is 0.271 e. The minimum Gasteiger partial charge on any atom is -0.361 e. The predicted molar refractivity (Wildman–Crippen MR) is 89.8 cm³/mol. The molecule has 0 unspecified atom stereocenters. The molecule has 110 valence electrons. The van der Waals surface area contributed by atoms with Crippen LogP contribution in [0.15, 0.2) is 22.7 Å². The van der Waals surface area contributed by atoms with Crippen molar-refractivity contribution in [1.82, 2.24) is 16.2 Å². The molecule has 0 radical (unpaired) electrons. The molecule has 1 aromatic rings. The molecule has 1 aromatic carbocycles. The summed E-state index contributed by atoms with van der Waals surface area (Å²) in [5.74, 6) is 0.254. The first-order valence-electron chi connectivity index (χ1n) is 6.19. The van der Waals surface area contributed by atoms with Gasteiger partial charge in [0.15, 0.2) is 5.11 Å². The van der Waals surface area contributed by atoms with Crippen LogP contribution in [0, 0.1) is 5.92 Å². The van der Waals surface area contributed by atoms with E-state index < -0.39 is 0 Å². The first kappa shape index (κ1) is 17.2. The normalized spacial score (nSPS) is 10.2. The van der Waals surface area contributed by atoms with Gasteiger partial charge in [-0.2, -0.15) is 0 Å². The van der Waals surface area contributed by atoms with Gasteiger partial charge in [-0.15, -0.1) is 0 Å². The van der Waals surface area contributed by atoms with E-state index in [1.54, 1.807) is 18.2 Å². The summed E-state index contributed by atoms with van der Waals surface area (Å²) in [6.07, 6.45) is 1.01. The molecule has 1 rings (SSSR count). The topological polar surface area (TPSA) is 53.2 Å². The zero-order chi connectivity index (χ0) is 15.1. The van der Waals surface area contributed by atoms with E-state index in [9.17, 15) is 4.79 Å². The molecule has 0 aliphatic carbocycles. The SMILES string of the molecule is CC(C)CCNC(=S)NNC(=O)c1cc(Br)ccc1Cl. The average molecular weight is 379 g/mol. The van der Waals surface area contributed by atoms with Gasteiger partial charge < -0.3 is 5.32 Å². The molecule has 0 aliphatic rings. The number of thiocarbonyl (C=S) groups is 1. The van der Waals surface area contributed by atoms with Gasteiger partial charge >= 0.3 is 0 Å². The van der Waals surface area contributed by atoms with Gasteiger partial charge in [0.05, 0.1) is 10.6 Å². The Hall–Kier alpha value is -0.850. The minimum absolute atomic E-state index is 0.343. The van der Waals surface area contributed by atoms with Crippen LogP contribution in [-0.4, -0.2) is 17.6 Å². The van der Waals surface area contributed by atoms with E-state index in [4.69, 9.17) is 23.8 Å². The van der Waals surface area contributed by atoms with Crippen molar-refractivity contribution in [3.8, 4) is 0 Å². The first-order valence-corrected chi connectivity index (χ1v) is 7.77. The van der Waals surface area contributed by atoms with Gasteiger partial charge in [-0.1, -0.05) is 41.4 Å². The lowest BCUT2D eigenvalue weighted by atomic mass is 10.1. The van der Waals surface area contributed by atoms with Crippen molar-refractivity contribution < 1.29 is 4.79 Å². The molecule has 0 saturated heterocycles. The van der Waals surface area contributed by atoms with Crippen molar-refractivity contribution in [3.05, 3.63) is 33.3 Å². The zero-order valence-corrected chi connectivity index (χ0v) is 14.5. The van der Waals surface area contributed by atoms with Gasteiger partial charge in [0, 0.05) is 11.0 Å². The van der Waals surface area contributed by atoms with Crippen LogP contribution in [0.25, 0.3) is 0 Å². The summed E-state index contributed by atoms with van der Waals surface area (Å²) in [6, 6.07) is 5.07. The van der Waals surface area contributed by atoms with Crippen LogP contribution in [0.1, 0.15) is 30.6 Å². The maximum absolute atomic E-state index is 11.9. The van der Waals surface area contributed by atoms with Gasteiger partial charge in [-0.25, -0.2) is 0 Å². The molecule has 4 nitrogen and oxygen atoms in total. The molecule has 3 N–H and O–H groups in total. The highest BCUT2D eigenvalue weighted by Gasteiger charge is 2.10. The van der Waals surface area contributed by atoms with Crippen LogP contribution in [0.5, 0.6) is 0 Å². The number of hydrogen-bond donors (Lipinski definition) is 3. The fourth-order valence-corrected chi connectivity index (χ4v) is 2.09. The number of hydrogen-bond acceptors (Lipinski definition) is 2. The van der Waals surface area contributed by atoms with Crippen LogP contribution in [0.2, 0.25) is 5.02 Å². The zero-order valence-electron chi connectivity index (χ0n) is 11.3. The third kappa shape index (κ3) is 6.07. The van der Waals surface area contributed by atoms with Crippen molar-refractivity contribution in [2.24, 2.45) is 5.92 Å². The van der Waals surface area contributed by atoms with E-state index in [1.807, 2.05) is 0 Å². The van der Waals surface area contributed by atoms with E-state index in [1.165, 1.54) is 0 Å². The Labute approximate surface area is 137 Å². The van der Waals surface area contributed by atoms with Crippen molar-refractivity contribution in [2.45, 2.75) is 20.3 Å². The lowest BCUT2D eigenvalue weighted by Crippen LogP contribution is -2.47. The highest BCUT2D eigenvalue weighted by molar-refractivity contribution is 9.10. The van der Waals surface area contributed by atoms with Gasteiger partial charge in [-0.3, -0.25) is 15.6 Å². The highest BCUT2D eigenvalue weighted by Crippen LogP contribution is 2.20. The second kappa shape index (κ2) is 8.44. The molecule has 0 bridgehead atoms. The molecule has 0 fully saturated rings. The number of nitrogens with one attached hydrogen (secondary N) is 3. The molecular weight excluding hydrogens is 362 g/mol. The first-order chi connectivity index (χ1) is 9.40. The van der Waals surface area contributed by atoms with E-state index in [0.717, 1.165) is 17.4 Å². The van der Waals surface area contributed by atoms with E-state index in [2.05, 4.69) is 45.9 Å². The Balaban J connectivity index is 2.43. The average Bonchev–Trinajstić information content (AvgIpc) is 2.38. The van der Waals surface area contributed by atoms with Crippen molar-refractivity contribution in [2.75, 3.05) is 6.54 Å². The third-order valence-corrected chi connectivity index (χ3v) is 3.54. The second-order valence-corrected chi connectivity index (χ2v) is 6.37. The van der Waals surface area contributed by atoms with Crippen LogP contribution in [-0.2, 0) is 0 Å². The summed E-state index contributed by atoms with van der Waals surface area (Å²) in [5, 5.41) is 3.77. The Kier molecular flexibility index (Phi) is 7.26. The summed E-state index contributed by atoms with van der Waals surface area (Å²) >= 11 is 14.3. The molecule has 0 aromatic heterocycles. The monoisotopic (exact) mass is 377 g/mol. The van der Waals surface area contributed by atoms with Crippen molar-refractivity contribution in [1.29, 1.82) is 0 Å². The van der Waals surface area contributed by atoms with E-state index >= 15 is 0 Å². The van der Waals surface area contributed by atoms with Crippen molar-refractivity contribution >= 4 is 50.8 Å². The fourth-order valence-electron chi connectivity index (χ4n) is 1.37. The molecule has 0 spiro atoms. The number of carbonyl (C=O) groups is 1. The quantitative estimate of drug-likeness (QED) is 0.556. The molecule has 0 heterocycles. The molecule has 0 saturated carbocycles. The largest absolute Gasteiger partial charge is 0.361 e. The van der Waals surface area contributed by atoms with Gasteiger partial charge in [0.2, 0.25) is 0 Å². The number of carbonyl (C=O) groups excluding carboxylic acids is 1. The standard InChI is InChI=1S/C13H17BrClN3OS/c1-8(2)5-6-16-13(20)18-17-12(19)10-7-9(14)3-4-11(10)15/h3-4,7-8H,5-6H2,1-2H3,(H,17,19)(H2,16,18,20). The van der Waals surface area contributed by atoms with Crippen LogP contribution >= 0.6 is 39.7 Å². The molecule has 1 amide bonds. The summed E-state index contributed by atoms with van der Waals surface area (Å²) < 4.78 is 0.782. The maximum atomic E-state index is 11.9. The number of rotatable bonds is 4. The molecule has 7 heteroatoms. The molecule has 0 aliphatic heterocycles. The predicted octanol–water partition coefficient (Wildman–Crippen LogP) is 3.26. The second-order valence-electron chi connectivity index (χ2n) is 4.64. The number of halogens is 2. The fraction of sp³-hybridized carbons (Fsp3) is 0.385. The molecule has 0 atom stereocenters. The van der Waals surface area contributed by atoms with E-state index in [0.29, 0.717) is 21.6 Å². The summed E-state index contributed by atoms with van der Waals surface area (Å²) in [7, 11) is 0. The Bertz CT molecular complexity index is 497. The lowest BCUT2D eigenvalue weighted by Gasteiger charge is -2.13. The number of hydrazine groups is 1. The Morgan fingerprint density at radius 1 is 1.40 bits per heavy atom. The van der Waals surface area contributed by atoms with Gasteiger partial charge in [0.25, 0.3) is 5.91 Å². The summed E-state index contributed by atoms with van der Waals surface area (Å²) in [6.45, 7) is 5.03. The Morgan fingerprint density at radius 3 is 2.75 bits per heavy atom. The third-order valence-electron chi connectivity index (χ3n) is 2.47. The summed E-state index contributed by atoms with van der Waals surface area (Å²) in [4.78, 5) is 11.9. The number of benzene rings is 1. The van der Waals surface area contributed by atoms with Crippen LogP contribution in [0.4, 0.5) is 0 Å². The molecular formula is C13H17BrClN3OS. The number of amides is 1. The van der Waals surface area contributed by atoms with Gasteiger partial charge in [-0.05, 0) is 42.8 Å². The van der Waals surface area contributed by atoms with Crippen LogP contribution in [0.3, 0.4) is 0 Å². The van der Waals surface area contributed by atoms with Gasteiger partial charge in [0.1, 0.15) is 0 Å². The van der Waals surface area contributed by atoms with Crippen molar-refractivity contribution in [3.63, 3.8) is 0 Å². The molecule has 20 heavy (non-hydrogen) atoms. The van der Waals surface area contributed by atoms with Crippen LogP contribution < -0.4 is 16.2 Å². The van der Waals surface area contributed by atoms with E-state index in [-0.39, 0.29) is 5.91 Å². The highest BCUT2D eigenvalue weighted by atomic mass is 79.9. The lowest BCUT2D eigenvalue weighted by molar-refractivity contribution is 0.0943. The minimum atomic E-state index is -0.343. The Morgan fingerprint density at radius 2 is 2.10 bits per heavy atom. The summed E-state index contributed by atoms with van der Waals surface area (Å²) in [5.41, 5.74) is 5.53. The maximum Gasteiger partial charge on any atom is 0.271 e.